The van der Waals surface area contributed by atoms with Gasteiger partial charge in [0, 0.05) is 60.0 Å². The van der Waals surface area contributed by atoms with Crippen molar-refractivity contribution in [2.75, 3.05) is 5.32 Å². The molecule has 0 amide bonds. The van der Waals surface area contributed by atoms with Gasteiger partial charge in [-0.25, -0.2) is 0 Å². The van der Waals surface area contributed by atoms with Gasteiger partial charge in [0.2, 0.25) is 0 Å². The smallest absolute Gasteiger partial charge is 0.0991 e. The lowest BCUT2D eigenvalue weighted by Crippen LogP contribution is -2.08. The Morgan fingerprint density at radius 3 is 2.23 bits per heavy atom. The number of thiophene rings is 1. The Kier molecular flexibility index (Phi) is 6.22. The first-order valence-electron chi connectivity index (χ1n) is 14.5. The Labute approximate surface area is 258 Å². The molecule has 0 unspecified atom stereocenters. The van der Waals surface area contributed by atoms with E-state index in [9.17, 15) is 0 Å². The van der Waals surface area contributed by atoms with Crippen LogP contribution in [0.15, 0.2) is 133 Å². The molecule has 2 heterocycles. The van der Waals surface area contributed by atoms with Crippen LogP contribution in [0.4, 0.5) is 5.69 Å². The van der Waals surface area contributed by atoms with Crippen molar-refractivity contribution in [1.29, 1.82) is 10.7 Å². The normalized spacial score (nSPS) is 11.3. The van der Waals surface area contributed by atoms with Crippen LogP contribution in [-0.4, -0.2) is 10.3 Å². The van der Waals surface area contributed by atoms with Crippen molar-refractivity contribution in [2.45, 2.75) is 6.54 Å². The van der Waals surface area contributed by atoms with Gasteiger partial charge in [-0.05, 0) is 60.2 Å². The van der Waals surface area contributed by atoms with E-state index in [1.54, 1.807) is 12.1 Å². The number of hydrogen-bond donors (Lipinski definition) is 2. The molecule has 0 atom stereocenters. The number of nitrogens with zero attached hydrogens (tertiary/aromatic N) is 2. The van der Waals surface area contributed by atoms with Crippen LogP contribution in [0.5, 0.6) is 0 Å². The van der Waals surface area contributed by atoms with Crippen molar-refractivity contribution in [3.8, 4) is 11.8 Å². The molecular weight excluding hydrogens is 557 g/mol. The van der Waals surface area contributed by atoms with Crippen molar-refractivity contribution in [2.24, 2.45) is 0 Å². The lowest BCUT2D eigenvalue weighted by Gasteiger charge is -2.14. The van der Waals surface area contributed by atoms with E-state index in [1.807, 2.05) is 47.7 Å². The monoisotopic (exact) mass is 582 g/mol. The van der Waals surface area contributed by atoms with Crippen LogP contribution < -0.4 is 5.32 Å². The number of nitrogens with one attached hydrogen (secondary N) is 2. The average molecular weight is 583 g/mol. The Hall–Kier alpha value is -5.70. The first-order valence-corrected chi connectivity index (χ1v) is 15.4. The van der Waals surface area contributed by atoms with Crippen LogP contribution >= 0.6 is 11.3 Å². The maximum Gasteiger partial charge on any atom is 0.0991 e. The lowest BCUT2D eigenvalue weighted by atomic mass is 9.99. The van der Waals surface area contributed by atoms with E-state index >= 15 is 0 Å². The first-order chi connectivity index (χ1) is 21.7. The summed E-state index contributed by atoms with van der Waals surface area (Å²) in [5.74, 6) is 0. The lowest BCUT2D eigenvalue weighted by molar-refractivity contribution is 1.12. The molecule has 8 aromatic rings. The van der Waals surface area contributed by atoms with Gasteiger partial charge in [0.1, 0.15) is 0 Å². The Morgan fingerprint density at radius 2 is 1.41 bits per heavy atom. The Bertz CT molecular complexity index is 2410. The maximum atomic E-state index is 9.12. The molecule has 0 saturated heterocycles. The molecule has 0 aliphatic rings. The van der Waals surface area contributed by atoms with Crippen molar-refractivity contribution >= 4 is 64.7 Å². The van der Waals surface area contributed by atoms with Gasteiger partial charge >= 0.3 is 0 Å². The standard InChI is InChI=1S/C39H26N4S/c40-23-25-13-17-27(18-14-25)39(41)31-9-1-4-10-34(31)42-24-26-15-19-28(20-16-26)43-35-11-5-2-7-29(35)32-22-38-33(21-36(32)43)30-8-3-6-12-37(30)44-38/h1-22,41-42H,24H2. The van der Waals surface area contributed by atoms with E-state index in [0.717, 1.165) is 28.1 Å². The number of aromatic nitrogens is 1. The predicted molar refractivity (Wildman–Crippen MR) is 185 cm³/mol. The fourth-order valence-corrected chi connectivity index (χ4v) is 7.27. The van der Waals surface area contributed by atoms with Gasteiger partial charge < -0.3 is 9.88 Å². The SMILES string of the molecule is N#Cc1ccc(C(=N)c2ccccc2NCc2ccc(-n3c4ccccc4c4cc5sc6ccccc6c5cc43)cc2)cc1. The number of benzene rings is 6. The van der Waals surface area contributed by atoms with Gasteiger partial charge in [-0.3, -0.25) is 5.41 Å². The molecular formula is C39H26N4S. The molecule has 0 aliphatic heterocycles. The van der Waals surface area contributed by atoms with Crippen LogP contribution in [0.1, 0.15) is 22.3 Å². The Morgan fingerprint density at radius 1 is 0.682 bits per heavy atom. The molecule has 4 nitrogen and oxygen atoms in total. The summed E-state index contributed by atoms with van der Waals surface area (Å²) in [6.45, 7) is 0.632. The molecule has 0 saturated carbocycles. The molecule has 0 fully saturated rings. The first kappa shape index (κ1) is 26.0. The molecule has 5 heteroatoms. The van der Waals surface area contributed by atoms with Gasteiger partial charge in [-0.15, -0.1) is 11.3 Å². The van der Waals surface area contributed by atoms with E-state index in [0.29, 0.717) is 17.8 Å². The van der Waals surface area contributed by atoms with Crippen molar-refractivity contribution in [3.05, 3.63) is 156 Å². The third kappa shape index (κ3) is 4.32. The summed E-state index contributed by atoms with van der Waals surface area (Å²) in [7, 11) is 0. The quantitative estimate of drug-likeness (QED) is 0.192. The van der Waals surface area contributed by atoms with Crippen LogP contribution in [-0.2, 0) is 6.54 Å². The second-order valence-corrected chi connectivity index (χ2v) is 12.0. The predicted octanol–water partition coefficient (Wildman–Crippen LogP) is 10.1. The average Bonchev–Trinajstić information content (AvgIpc) is 3.61. The zero-order chi connectivity index (χ0) is 29.6. The fourth-order valence-electron chi connectivity index (χ4n) is 6.15. The number of rotatable bonds is 6. The van der Waals surface area contributed by atoms with E-state index in [4.69, 9.17) is 10.7 Å². The van der Waals surface area contributed by atoms with E-state index < -0.39 is 0 Å². The molecule has 208 valence electrons. The summed E-state index contributed by atoms with van der Waals surface area (Å²) >= 11 is 1.86. The van der Waals surface area contributed by atoms with Crippen LogP contribution in [0.2, 0.25) is 0 Å². The van der Waals surface area contributed by atoms with Gasteiger partial charge in [-0.1, -0.05) is 78.9 Å². The van der Waals surface area contributed by atoms with Crippen LogP contribution in [0.3, 0.4) is 0 Å². The van der Waals surface area contributed by atoms with Gasteiger partial charge in [0.25, 0.3) is 0 Å². The minimum atomic E-state index is 0.423. The highest BCUT2D eigenvalue weighted by Gasteiger charge is 2.16. The summed E-state index contributed by atoms with van der Waals surface area (Å²) in [5.41, 5.74) is 8.21. The molecule has 0 aliphatic carbocycles. The van der Waals surface area contributed by atoms with Crippen LogP contribution in [0, 0.1) is 16.7 Å². The van der Waals surface area contributed by atoms with Crippen molar-refractivity contribution in [3.63, 3.8) is 0 Å². The van der Waals surface area contributed by atoms with E-state index in [2.05, 4.69) is 101 Å². The summed E-state index contributed by atoms with van der Waals surface area (Å²) in [4.78, 5) is 0. The molecule has 0 bridgehead atoms. The topological polar surface area (TPSA) is 64.6 Å². The highest BCUT2D eigenvalue weighted by atomic mass is 32.1. The zero-order valence-corrected chi connectivity index (χ0v) is 24.5. The van der Waals surface area contributed by atoms with Gasteiger partial charge in [0.05, 0.1) is 28.4 Å². The van der Waals surface area contributed by atoms with Gasteiger partial charge in [-0.2, -0.15) is 5.26 Å². The number of anilines is 1. The third-order valence-corrected chi connectivity index (χ3v) is 9.48. The number of hydrogen-bond acceptors (Lipinski definition) is 4. The minimum absolute atomic E-state index is 0.423. The molecule has 44 heavy (non-hydrogen) atoms. The summed E-state index contributed by atoms with van der Waals surface area (Å²) in [6, 6.07) is 48.0. The number of para-hydroxylation sites is 2. The second-order valence-electron chi connectivity index (χ2n) is 10.9. The largest absolute Gasteiger partial charge is 0.380 e. The fraction of sp³-hybridized carbons (Fsp3) is 0.0256. The molecule has 6 aromatic carbocycles. The zero-order valence-electron chi connectivity index (χ0n) is 23.7. The molecule has 0 radical (unpaired) electrons. The number of fused-ring (bicyclic) bond motifs is 6. The highest BCUT2D eigenvalue weighted by Crippen LogP contribution is 2.40. The van der Waals surface area contributed by atoms with Crippen LogP contribution in [0.25, 0.3) is 47.7 Å². The minimum Gasteiger partial charge on any atom is -0.380 e. The molecule has 2 aromatic heterocycles. The summed E-state index contributed by atoms with van der Waals surface area (Å²) in [5, 5.41) is 26.6. The van der Waals surface area contributed by atoms with E-state index in [1.165, 1.54) is 42.0 Å². The van der Waals surface area contributed by atoms with E-state index in [-0.39, 0.29) is 0 Å². The second kappa shape index (κ2) is 10.5. The summed E-state index contributed by atoms with van der Waals surface area (Å²) in [6.07, 6.45) is 0. The maximum absolute atomic E-state index is 9.12. The number of nitriles is 1. The molecule has 2 N–H and O–H groups in total. The Balaban J connectivity index is 1.12. The van der Waals surface area contributed by atoms with Crippen molar-refractivity contribution < 1.29 is 0 Å². The molecule has 0 spiro atoms. The van der Waals surface area contributed by atoms with Gasteiger partial charge in [0.15, 0.2) is 0 Å². The molecule has 8 rings (SSSR count). The third-order valence-electron chi connectivity index (χ3n) is 8.35. The van der Waals surface area contributed by atoms with Crippen molar-refractivity contribution in [1.82, 2.24) is 4.57 Å². The highest BCUT2D eigenvalue weighted by molar-refractivity contribution is 7.25. The summed E-state index contributed by atoms with van der Waals surface area (Å²) < 4.78 is 5.01.